The van der Waals surface area contributed by atoms with E-state index < -0.39 is 13.9 Å². The highest BCUT2D eigenvalue weighted by Crippen LogP contribution is 2.35. The van der Waals surface area contributed by atoms with Gasteiger partial charge in [-0.25, -0.2) is 9.79 Å². The first-order chi connectivity index (χ1) is 6.38. The monoisotopic (exact) mass is 224 g/mol. The third-order valence-corrected chi connectivity index (χ3v) is 3.33. The summed E-state index contributed by atoms with van der Waals surface area (Å²) in [6.45, 7) is 1.06. The number of hydrogen-bond donors (Lipinski definition) is 4. The third kappa shape index (κ3) is 3.86. The number of quaternary nitrogens is 1. The number of carboxylic acids is 1. The van der Waals surface area contributed by atoms with E-state index in [0.717, 1.165) is 4.90 Å². The van der Waals surface area contributed by atoms with Gasteiger partial charge in [0.1, 0.15) is 0 Å². The number of nitrogens with one attached hydrogen (secondary N) is 1. The van der Waals surface area contributed by atoms with Crippen molar-refractivity contribution in [3.05, 3.63) is 0 Å². The van der Waals surface area contributed by atoms with Crippen LogP contribution >= 0.6 is 7.94 Å². The van der Waals surface area contributed by atoms with Gasteiger partial charge in [-0.3, -0.25) is 9.69 Å². The Morgan fingerprint density at radius 2 is 1.93 bits per heavy atom. The van der Waals surface area contributed by atoms with Gasteiger partial charge in [0.2, 0.25) is 6.29 Å². The number of piperidine rings is 1. The summed E-state index contributed by atoms with van der Waals surface area (Å²) < 4.78 is 0. The fraction of sp³-hybridized carbons (Fsp3) is 0.857. The largest absolute Gasteiger partial charge is 0.627 e. The van der Waals surface area contributed by atoms with Gasteiger partial charge in [0, 0.05) is 12.8 Å². The molecule has 82 valence electrons. The molecule has 1 aliphatic rings. The van der Waals surface area contributed by atoms with E-state index >= 15 is 0 Å². The fourth-order valence-corrected chi connectivity index (χ4v) is 2.62. The molecule has 6 nitrogen and oxygen atoms in total. The molecule has 4 N–H and O–H groups in total. The maximum absolute atomic E-state index is 10.7. The second kappa shape index (κ2) is 4.51. The quantitative estimate of drug-likeness (QED) is 0.394. The highest BCUT2D eigenvalue weighted by Gasteiger charge is 2.32. The summed E-state index contributed by atoms with van der Waals surface area (Å²) in [7, 11) is -3.96. The van der Waals surface area contributed by atoms with Crippen LogP contribution < -0.4 is 9.79 Å². The molecule has 0 aliphatic carbocycles. The Morgan fingerprint density at radius 3 is 2.29 bits per heavy atom. The molecule has 1 fully saturated rings. The van der Waals surface area contributed by atoms with E-state index in [1.807, 2.05) is 0 Å². The van der Waals surface area contributed by atoms with Gasteiger partial charge < -0.3 is 10.00 Å². The topological polar surface area (TPSA) is 105 Å². The van der Waals surface area contributed by atoms with Crippen LogP contribution in [0.4, 0.5) is 0 Å². The number of likely N-dealkylation sites (tertiary alicyclic amines) is 1. The summed E-state index contributed by atoms with van der Waals surface area (Å²) >= 11 is 0. The van der Waals surface area contributed by atoms with E-state index in [0.29, 0.717) is 25.9 Å². The molecule has 0 spiro atoms. The van der Waals surface area contributed by atoms with Crippen molar-refractivity contribution in [1.82, 2.24) is 0 Å². The molecule has 7 heteroatoms. The molecule has 0 aromatic rings. The van der Waals surface area contributed by atoms with Gasteiger partial charge >= 0.3 is 5.97 Å². The lowest BCUT2D eigenvalue weighted by Crippen LogP contribution is -3.13. The summed E-state index contributed by atoms with van der Waals surface area (Å²) in [6, 6.07) is 0. The Hall–Kier alpha value is -0.260. The average Bonchev–Trinajstić information content (AvgIpc) is 2.02. The molecule has 1 rings (SSSR count). The zero-order valence-corrected chi connectivity index (χ0v) is 8.61. The molecule has 0 radical (unpaired) electrons. The van der Waals surface area contributed by atoms with Crippen molar-refractivity contribution < 1.29 is 29.5 Å². The van der Waals surface area contributed by atoms with Crippen LogP contribution in [0.25, 0.3) is 0 Å². The van der Waals surface area contributed by atoms with Crippen molar-refractivity contribution in [3.63, 3.8) is 0 Å². The number of carbonyl (C=O) groups is 1. The minimum absolute atomic E-state index is 0.181. The summed E-state index contributed by atoms with van der Waals surface area (Å²) in [5, 5.41) is 8.69. The second-order valence-corrected chi connectivity index (χ2v) is 5.33. The molecule has 1 aliphatic heterocycles. The molecule has 0 atom stereocenters. The Labute approximate surface area is 82.4 Å². The van der Waals surface area contributed by atoms with Crippen molar-refractivity contribution >= 4 is 13.9 Å². The van der Waals surface area contributed by atoms with Gasteiger partial charge in [-0.2, -0.15) is 0 Å². The van der Waals surface area contributed by atoms with E-state index in [4.69, 9.17) is 14.9 Å². The first kappa shape index (κ1) is 11.8. The summed E-state index contributed by atoms with van der Waals surface area (Å²) in [5.41, 5.74) is 0. The zero-order valence-electron chi connectivity index (χ0n) is 7.72. The molecule has 1 saturated heterocycles. The van der Waals surface area contributed by atoms with Gasteiger partial charge in [-0.1, -0.05) is 0 Å². The Balaban J connectivity index is 2.33. The van der Waals surface area contributed by atoms with Gasteiger partial charge in [-0.15, -0.1) is 0 Å². The molecule has 0 bridgehead atoms. The van der Waals surface area contributed by atoms with E-state index in [9.17, 15) is 9.69 Å². The molecule has 0 saturated carbocycles. The summed E-state index contributed by atoms with van der Waals surface area (Å²) in [4.78, 5) is 39.5. The van der Waals surface area contributed by atoms with Crippen LogP contribution in [0.2, 0.25) is 0 Å². The van der Waals surface area contributed by atoms with Gasteiger partial charge in [0.25, 0.3) is 7.94 Å². The second-order valence-electron chi connectivity index (χ2n) is 3.69. The van der Waals surface area contributed by atoms with Crippen molar-refractivity contribution in [3.8, 4) is 0 Å². The molecule has 0 amide bonds. The van der Waals surface area contributed by atoms with Crippen LogP contribution in [0, 0.1) is 5.92 Å². The molecular formula is C7H15NO5P+. The number of rotatable bonds is 3. The smallest absolute Gasteiger partial charge is 0.306 e. The molecule has 0 unspecified atom stereocenters. The van der Waals surface area contributed by atoms with Crippen LogP contribution in [0.1, 0.15) is 12.8 Å². The zero-order chi connectivity index (χ0) is 10.8. The van der Waals surface area contributed by atoms with Gasteiger partial charge in [-0.05, 0) is 0 Å². The predicted octanol–water partition coefficient (Wildman–Crippen LogP) is -2.57. The lowest BCUT2D eigenvalue weighted by Gasteiger charge is -2.28. The van der Waals surface area contributed by atoms with E-state index in [2.05, 4.69) is 0 Å². The molecule has 1 heterocycles. The fourth-order valence-electron chi connectivity index (χ4n) is 1.72. The van der Waals surface area contributed by atoms with Gasteiger partial charge in [0.15, 0.2) is 0 Å². The van der Waals surface area contributed by atoms with Gasteiger partial charge in [0.05, 0.1) is 19.0 Å². The minimum Gasteiger partial charge on any atom is -0.627 e. The van der Waals surface area contributed by atoms with Crippen LogP contribution in [-0.4, -0.2) is 40.2 Å². The third-order valence-electron chi connectivity index (χ3n) is 2.47. The number of hydrogen-bond acceptors (Lipinski definition) is 4. The Morgan fingerprint density at radius 1 is 1.43 bits per heavy atom. The molecule has 14 heavy (non-hydrogen) atoms. The Kier molecular flexibility index (Phi) is 3.80. The van der Waals surface area contributed by atoms with E-state index in [-0.39, 0.29) is 12.2 Å². The first-order valence-corrected chi connectivity index (χ1v) is 6.29. The predicted molar refractivity (Wildman–Crippen MR) is 47.3 cm³/mol. The molecule has 0 aromatic heterocycles. The molecular weight excluding hydrogens is 209 g/mol. The van der Waals surface area contributed by atoms with Crippen molar-refractivity contribution in [2.24, 2.45) is 5.92 Å². The SMILES string of the molecule is O=C(O)C1CC[NH+](C[P+]([O-])(O)O)CC1. The van der Waals surface area contributed by atoms with Crippen LogP contribution in [0.15, 0.2) is 0 Å². The van der Waals surface area contributed by atoms with Crippen LogP contribution in [0.5, 0.6) is 0 Å². The minimum atomic E-state index is -3.96. The van der Waals surface area contributed by atoms with Crippen molar-refractivity contribution in [2.45, 2.75) is 12.8 Å². The normalized spacial score (nSPS) is 28.8. The number of aliphatic carboxylic acids is 1. The lowest BCUT2D eigenvalue weighted by atomic mass is 9.98. The maximum Gasteiger partial charge on any atom is 0.306 e. The summed E-state index contributed by atoms with van der Waals surface area (Å²) in [5.74, 6) is -1.14. The van der Waals surface area contributed by atoms with Crippen molar-refractivity contribution in [2.75, 3.05) is 19.4 Å². The van der Waals surface area contributed by atoms with E-state index in [1.54, 1.807) is 0 Å². The number of carboxylic acid groups (broad SMARTS) is 1. The van der Waals surface area contributed by atoms with Crippen molar-refractivity contribution in [1.29, 1.82) is 0 Å². The highest BCUT2D eigenvalue weighted by atomic mass is 31.2. The average molecular weight is 224 g/mol. The Bertz CT molecular complexity index is 209. The molecule has 0 aromatic carbocycles. The van der Waals surface area contributed by atoms with Crippen LogP contribution in [-0.2, 0) is 4.79 Å². The lowest BCUT2D eigenvalue weighted by molar-refractivity contribution is -0.896. The maximum atomic E-state index is 10.7. The first-order valence-electron chi connectivity index (χ1n) is 4.49. The highest BCUT2D eigenvalue weighted by molar-refractivity contribution is 7.56. The standard InChI is InChI=1S/C7H14NO5P/c9-7(10)6-1-3-8(4-2-6)5-14(11,12)13/h6H,1-5H2,(H,9,10)(H2,11,12,13)/p+1. The van der Waals surface area contributed by atoms with Crippen LogP contribution in [0.3, 0.4) is 0 Å². The summed E-state index contributed by atoms with van der Waals surface area (Å²) in [6.07, 6.45) is 0.828. The van der Waals surface area contributed by atoms with E-state index in [1.165, 1.54) is 0 Å².